The van der Waals surface area contributed by atoms with Crippen molar-refractivity contribution in [2.75, 3.05) is 0 Å². The van der Waals surface area contributed by atoms with Crippen molar-refractivity contribution < 1.29 is 0 Å². The Labute approximate surface area is 61.9 Å². The highest BCUT2D eigenvalue weighted by atomic mass is 14.3. The van der Waals surface area contributed by atoms with Crippen LogP contribution >= 0.6 is 0 Å². The lowest BCUT2D eigenvalue weighted by Crippen LogP contribution is -2.03. The van der Waals surface area contributed by atoms with Crippen LogP contribution in [0.1, 0.15) is 12.8 Å². The number of hydrogen-bond donors (Lipinski definition) is 0. The van der Waals surface area contributed by atoms with Crippen LogP contribution in [0.4, 0.5) is 0 Å². The van der Waals surface area contributed by atoms with Gasteiger partial charge < -0.3 is 0 Å². The first-order valence-corrected chi connectivity index (χ1v) is 3.88. The Balaban J connectivity index is 2.22. The van der Waals surface area contributed by atoms with Crippen LogP contribution in [0.3, 0.4) is 0 Å². The molecule has 0 heteroatoms. The summed E-state index contributed by atoms with van der Waals surface area (Å²) in [6.07, 6.45) is 11.3. The van der Waals surface area contributed by atoms with Crippen LogP contribution in [0.2, 0.25) is 0 Å². The van der Waals surface area contributed by atoms with Gasteiger partial charge in [-0.25, -0.2) is 0 Å². The summed E-state index contributed by atoms with van der Waals surface area (Å²) >= 11 is 0. The van der Waals surface area contributed by atoms with E-state index in [4.69, 9.17) is 0 Å². The molecule has 0 amide bonds. The van der Waals surface area contributed by atoms with Gasteiger partial charge in [-0.3, -0.25) is 0 Å². The first kappa shape index (κ1) is 5.96. The number of hydrogen-bond acceptors (Lipinski definition) is 0. The lowest BCUT2D eigenvalue weighted by molar-refractivity contribution is 0.552. The van der Waals surface area contributed by atoms with E-state index in [0.29, 0.717) is 0 Å². The summed E-state index contributed by atoms with van der Waals surface area (Å²) in [6, 6.07) is 0. The van der Waals surface area contributed by atoms with Gasteiger partial charge in [-0.1, -0.05) is 36.5 Å². The van der Waals surface area contributed by atoms with Gasteiger partial charge in [0.15, 0.2) is 0 Å². The van der Waals surface area contributed by atoms with Crippen LogP contribution in [0.15, 0.2) is 36.5 Å². The summed E-state index contributed by atoms with van der Waals surface area (Å²) in [5.74, 6) is 1.55. The molecular weight excluding hydrogens is 120 g/mol. The van der Waals surface area contributed by atoms with Gasteiger partial charge in [0.1, 0.15) is 0 Å². The summed E-state index contributed by atoms with van der Waals surface area (Å²) in [7, 11) is 0. The summed E-state index contributed by atoms with van der Waals surface area (Å²) in [5.41, 5.74) is 1.42. The molecule has 0 heterocycles. The van der Waals surface area contributed by atoms with Gasteiger partial charge in [0, 0.05) is 0 Å². The molecule has 0 aliphatic heterocycles. The normalized spacial score (nSPS) is 36.6. The van der Waals surface area contributed by atoms with Crippen molar-refractivity contribution >= 4 is 0 Å². The van der Waals surface area contributed by atoms with Crippen LogP contribution < -0.4 is 0 Å². The van der Waals surface area contributed by atoms with Gasteiger partial charge in [-0.15, -0.1) is 0 Å². The maximum Gasteiger partial charge on any atom is -0.0127 e. The quantitative estimate of drug-likeness (QED) is 0.444. The van der Waals surface area contributed by atoms with Gasteiger partial charge in [0.05, 0.1) is 0 Å². The smallest absolute Gasteiger partial charge is 0.0127 e. The Morgan fingerprint density at radius 3 is 2.10 bits per heavy atom. The van der Waals surface area contributed by atoms with Crippen molar-refractivity contribution in [3.63, 3.8) is 0 Å². The minimum atomic E-state index is 0.775. The van der Waals surface area contributed by atoms with Gasteiger partial charge in [-0.05, 0) is 24.7 Å². The Kier molecular flexibility index (Phi) is 1.26. The maximum absolute atomic E-state index is 4.01. The molecule has 0 nitrogen and oxygen atoms in total. The lowest BCUT2D eigenvalue weighted by atomic mass is 9.92. The average Bonchev–Trinajstić information content (AvgIpc) is 2.27. The van der Waals surface area contributed by atoms with Crippen LogP contribution in [0.25, 0.3) is 0 Å². The first-order chi connectivity index (χ1) is 4.86. The SMILES string of the molecule is C=C1CC2C=CC=CC2C1. The molecule has 1 fully saturated rings. The molecule has 0 aromatic carbocycles. The predicted molar refractivity (Wildman–Crippen MR) is 43.6 cm³/mol. The fourth-order valence-corrected chi connectivity index (χ4v) is 1.89. The van der Waals surface area contributed by atoms with E-state index in [1.54, 1.807) is 0 Å². The highest BCUT2D eigenvalue weighted by Crippen LogP contribution is 2.38. The predicted octanol–water partition coefficient (Wildman–Crippen LogP) is 2.69. The molecule has 2 aliphatic rings. The molecule has 0 bridgehead atoms. The van der Waals surface area contributed by atoms with E-state index in [-0.39, 0.29) is 0 Å². The van der Waals surface area contributed by atoms with Gasteiger partial charge in [-0.2, -0.15) is 0 Å². The number of rotatable bonds is 0. The summed E-state index contributed by atoms with van der Waals surface area (Å²) in [4.78, 5) is 0. The minimum Gasteiger partial charge on any atom is -0.0998 e. The third-order valence-electron chi connectivity index (χ3n) is 2.43. The molecule has 52 valence electrons. The van der Waals surface area contributed by atoms with Crippen molar-refractivity contribution in [3.05, 3.63) is 36.5 Å². The molecule has 0 N–H and O–H groups in total. The van der Waals surface area contributed by atoms with Crippen LogP contribution in [0.5, 0.6) is 0 Å². The Hall–Kier alpha value is -0.780. The second kappa shape index (κ2) is 2.12. The average molecular weight is 132 g/mol. The molecule has 2 atom stereocenters. The van der Waals surface area contributed by atoms with Crippen molar-refractivity contribution in [2.45, 2.75) is 12.8 Å². The zero-order valence-corrected chi connectivity index (χ0v) is 6.09. The Morgan fingerprint density at radius 1 is 1.10 bits per heavy atom. The van der Waals surface area contributed by atoms with Crippen molar-refractivity contribution in [1.29, 1.82) is 0 Å². The van der Waals surface area contributed by atoms with E-state index in [2.05, 4.69) is 30.9 Å². The highest BCUT2D eigenvalue weighted by Gasteiger charge is 2.26. The molecule has 2 unspecified atom stereocenters. The minimum absolute atomic E-state index is 0.775. The summed E-state index contributed by atoms with van der Waals surface area (Å²) in [5, 5.41) is 0. The lowest BCUT2D eigenvalue weighted by Gasteiger charge is -2.12. The van der Waals surface area contributed by atoms with E-state index in [0.717, 1.165) is 11.8 Å². The van der Waals surface area contributed by atoms with E-state index >= 15 is 0 Å². The van der Waals surface area contributed by atoms with E-state index in [1.165, 1.54) is 18.4 Å². The monoisotopic (exact) mass is 132 g/mol. The van der Waals surface area contributed by atoms with E-state index in [1.807, 2.05) is 0 Å². The zero-order valence-electron chi connectivity index (χ0n) is 6.09. The fourth-order valence-electron chi connectivity index (χ4n) is 1.89. The molecule has 1 saturated carbocycles. The molecule has 2 aliphatic carbocycles. The molecule has 10 heavy (non-hydrogen) atoms. The molecular formula is C10H12. The highest BCUT2D eigenvalue weighted by molar-refractivity contribution is 5.22. The van der Waals surface area contributed by atoms with Crippen molar-refractivity contribution in [3.8, 4) is 0 Å². The number of fused-ring (bicyclic) bond motifs is 1. The second-order valence-electron chi connectivity index (χ2n) is 3.26. The standard InChI is InChI=1S/C10H12/c1-8-6-9-4-2-3-5-10(9)7-8/h2-5,9-10H,1,6-7H2. The summed E-state index contributed by atoms with van der Waals surface area (Å²) in [6.45, 7) is 4.01. The van der Waals surface area contributed by atoms with E-state index < -0.39 is 0 Å². The van der Waals surface area contributed by atoms with Gasteiger partial charge in [0.25, 0.3) is 0 Å². The molecule has 0 spiro atoms. The van der Waals surface area contributed by atoms with Crippen molar-refractivity contribution in [1.82, 2.24) is 0 Å². The van der Waals surface area contributed by atoms with E-state index in [9.17, 15) is 0 Å². The van der Waals surface area contributed by atoms with Gasteiger partial charge >= 0.3 is 0 Å². The first-order valence-electron chi connectivity index (χ1n) is 3.88. The van der Waals surface area contributed by atoms with Crippen LogP contribution in [-0.4, -0.2) is 0 Å². The van der Waals surface area contributed by atoms with Gasteiger partial charge in [0.2, 0.25) is 0 Å². The molecule has 0 saturated heterocycles. The summed E-state index contributed by atoms with van der Waals surface area (Å²) < 4.78 is 0. The van der Waals surface area contributed by atoms with Crippen molar-refractivity contribution in [2.24, 2.45) is 11.8 Å². The zero-order chi connectivity index (χ0) is 6.97. The van der Waals surface area contributed by atoms with Crippen LogP contribution in [-0.2, 0) is 0 Å². The van der Waals surface area contributed by atoms with Crippen LogP contribution in [0, 0.1) is 11.8 Å². The third-order valence-corrected chi connectivity index (χ3v) is 2.43. The molecule has 0 aromatic heterocycles. The topological polar surface area (TPSA) is 0 Å². The maximum atomic E-state index is 4.01. The molecule has 2 rings (SSSR count). The molecule has 0 radical (unpaired) electrons. The Morgan fingerprint density at radius 2 is 1.60 bits per heavy atom. The third kappa shape index (κ3) is 0.841. The largest absolute Gasteiger partial charge is 0.0998 e. The number of allylic oxidation sites excluding steroid dienone is 5. The Bertz CT molecular complexity index is 186. The second-order valence-corrected chi connectivity index (χ2v) is 3.26. The fraction of sp³-hybridized carbons (Fsp3) is 0.400. The molecule has 0 aromatic rings.